The highest BCUT2D eigenvalue weighted by Gasteiger charge is 2.30. The molecule has 0 aromatic heterocycles. The van der Waals surface area contributed by atoms with Crippen molar-refractivity contribution in [1.82, 2.24) is 5.32 Å². The van der Waals surface area contributed by atoms with E-state index in [4.69, 9.17) is 0 Å². The molecule has 4 nitrogen and oxygen atoms in total. The van der Waals surface area contributed by atoms with Gasteiger partial charge in [-0.2, -0.15) is 0 Å². The van der Waals surface area contributed by atoms with Crippen molar-refractivity contribution in [1.29, 1.82) is 0 Å². The predicted molar refractivity (Wildman–Crippen MR) is 80.9 cm³/mol. The van der Waals surface area contributed by atoms with Crippen molar-refractivity contribution < 1.29 is 14.3 Å². The number of nitrogens with one attached hydrogen (secondary N) is 1. The lowest BCUT2D eigenvalue weighted by Crippen LogP contribution is -2.41. The summed E-state index contributed by atoms with van der Waals surface area (Å²) in [5, 5.41) is 2.49. The largest absolute Gasteiger partial charge is 0.467 e. The number of rotatable bonds is 6. The minimum atomic E-state index is -0.551. The Bertz CT molecular complexity index is 225. The number of esters is 1. The maximum absolute atomic E-state index is 11.4. The van der Waals surface area contributed by atoms with Crippen molar-refractivity contribution in [2.24, 2.45) is 11.3 Å². The fourth-order valence-corrected chi connectivity index (χ4v) is 1.20. The molecule has 1 amide bonds. The first-order valence-electron chi connectivity index (χ1n) is 7.12. The summed E-state index contributed by atoms with van der Waals surface area (Å²) in [7, 11) is 1.32. The van der Waals surface area contributed by atoms with Crippen molar-refractivity contribution in [3.63, 3.8) is 0 Å². The van der Waals surface area contributed by atoms with Crippen LogP contribution >= 0.6 is 0 Å². The monoisotopic (exact) mass is 275 g/mol. The van der Waals surface area contributed by atoms with Crippen LogP contribution in [0.3, 0.4) is 0 Å². The van der Waals surface area contributed by atoms with E-state index in [2.05, 4.69) is 37.7 Å². The zero-order valence-corrected chi connectivity index (χ0v) is 14.2. The molecule has 1 atom stereocenters. The number of carbonyl (C=O) groups is 2. The standard InChI is InChI=1S/C11H21NO3.2C2H6/c1-8(2)11(3,4)6-9(12-7-13)10(14)15-5;2*1-2/h7-9H,6H2,1-5H3,(H,12,13);2*1-2H3. The van der Waals surface area contributed by atoms with Crippen molar-refractivity contribution >= 4 is 12.4 Å². The van der Waals surface area contributed by atoms with E-state index in [0.29, 0.717) is 18.7 Å². The maximum atomic E-state index is 11.4. The van der Waals surface area contributed by atoms with Gasteiger partial charge in [-0.05, 0) is 17.8 Å². The SMILES string of the molecule is CC.CC.COC(=O)C(CC(C)(C)C(C)C)NC=O. The van der Waals surface area contributed by atoms with E-state index in [-0.39, 0.29) is 5.41 Å². The fraction of sp³-hybridized carbons (Fsp3) is 0.867. The number of hydrogen-bond acceptors (Lipinski definition) is 3. The molecule has 1 unspecified atom stereocenters. The molecule has 0 aromatic carbocycles. The summed E-state index contributed by atoms with van der Waals surface area (Å²) >= 11 is 0. The summed E-state index contributed by atoms with van der Waals surface area (Å²) in [4.78, 5) is 21.7. The molecular formula is C15H33NO3. The third kappa shape index (κ3) is 10.5. The van der Waals surface area contributed by atoms with Crippen LogP contribution in [0.25, 0.3) is 0 Å². The Morgan fingerprint density at radius 2 is 1.63 bits per heavy atom. The van der Waals surface area contributed by atoms with E-state index < -0.39 is 12.0 Å². The van der Waals surface area contributed by atoms with Gasteiger partial charge in [0.2, 0.25) is 6.41 Å². The average Bonchev–Trinajstić information content (AvgIpc) is 2.41. The lowest BCUT2D eigenvalue weighted by atomic mass is 9.76. The van der Waals surface area contributed by atoms with Crippen LogP contribution < -0.4 is 5.32 Å². The summed E-state index contributed by atoms with van der Waals surface area (Å²) in [6.07, 6.45) is 1.12. The summed E-state index contributed by atoms with van der Waals surface area (Å²) < 4.78 is 4.63. The molecular weight excluding hydrogens is 242 g/mol. The van der Waals surface area contributed by atoms with Gasteiger partial charge in [0, 0.05) is 0 Å². The summed E-state index contributed by atoms with van der Waals surface area (Å²) in [6, 6.07) is -0.551. The molecule has 19 heavy (non-hydrogen) atoms. The zero-order chi connectivity index (χ0) is 16.1. The molecule has 1 N–H and O–H groups in total. The van der Waals surface area contributed by atoms with E-state index >= 15 is 0 Å². The van der Waals surface area contributed by atoms with Crippen LogP contribution in [0, 0.1) is 11.3 Å². The Labute approximate surface area is 119 Å². The second-order valence-electron chi connectivity index (χ2n) is 4.71. The van der Waals surface area contributed by atoms with Crippen molar-refractivity contribution in [3.05, 3.63) is 0 Å². The molecule has 0 fully saturated rings. The first kappa shape index (κ1) is 23.1. The third-order valence-electron chi connectivity index (χ3n) is 3.05. The Kier molecular flexibility index (Phi) is 16.2. The van der Waals surface area contributed by atoms with Gasteiger partial charge in [0.1, 0.15) is 6.04 Å². The molecule has 0 saturated carbocycles. The zero-order valence-electron chi connectivity index (χ0n) is 14.2. The van der Waals surface area contributed by atoms with Crippen LogP contribution in [0.15, 0.2) is 0 Å². The topological polar surface area (TPSA) is 55.4 Å². The van der Waals surface area contributed by atoms with Gasteiger partial charge >= 0.3 is 5.97 Å². The van der Waals surface area contributed by atoms with Crippen LogP contribution in [0.2, 0.25) is 0 Å². The van der Waals surface area contributed by atoms with E-state index in [1.807, 2.05) is 27.7 Å². The van der Waals surface area contributed by atoms with Gasteiger partial charge in [0.25, 0.3) is 0 Å². The molecule has 0 aliphatic heterocycles. The second kappa shape index (κ2) is 13.4. The first-order valence-corrected chi connectivity index (χ1v) is 7.12. The fourth-order valence-electron chi connectivity index (χ4n) is 1.20. The molecule has 0 aliphatic carbocycles. The van der Waals surface area contributed by atoms with Crippen LogP contribution in [0.5, 0.6) is 0 Å². The van der Waals surface area contributed by atoms with Crippen LogP contribution in [-0.2, 0) is 14.3 Å². The average molecular weight is 275 g/mol. The Balaban J connectivity index is -0.000000579. The minimum Gasteiger partial charge on any atom is -0.467 e. The van der Waals surface area contributed by atoms with Crippen molar-refractivity contribution in [2.45, 2.75) is 67.9 Å². The van der Waals surface area contributed by atoms with Crippen LogP contribution in [0.4, 0.5) is 0 Å². The molecule has 0 aromatic rings. The number of carbonyl (C=O) groups excluding carboxylic acids is 2. The number of amides is 1. The maximum Gasteiger partial charge on any atom is 0.328 e. The van der Waals surface area contributed by atoms with E-state index in [1.54, 1.807) is 0 Å². The lowest BCUT2D eigenvalue weighted by Gasteiger charge is -2.32. The Hall–Kier alpha value is -1.06. The van der Waals surface area contributed by atoms with Gasteiger partial charge in [-0.25, -0.2) is 4.79 Å². The normalized spacial score (nSPS) is 11.3. The van der Waals surface area contributed by atoms with Gasteiger partial charge < -0.3 is 10.1 Å². The minimum absolute atomic E-state index is 0.0190. The molecule has 0 spiro atoms. The Morgan fingerprint density at radius 1 is 1.21 bits per heavy atom. The Morgan fingerprint density at radius 3 is 1.89 bits per heavy atom. The number of hydrogen-bond donors (Lipinski definition) is 1. The molecule has 0 aliphatic rings. The lowest BCUT2D eigenvalue weighted by molar-refractivity contribution is -0.145. The number of ether oxygens (including phenoxy) is 1. The van der Waals surface area contributed by atoms with Gasteiger partial charge in [-0.15, -0.1) is 0 Å². The molecule has 0 saturated heterocycles. The highest BCUT2D eigenvalue weighted by atomic mass is 16.5. The van der Waals surface area contributed by atoms with E-state index in [9.17, 15) is 9.59 Å². The first-order chi connectivity index (χ1) is 8.85. The van der Waals surface area contributed by atoms with E-state index in [1.165, 1.54) is 7.11 Å². The van der Waals surface area contributed by atoms with Gasteiger partial charge in [0.05, 0.1) is 7.11 Å². The van der Waals surface area contributed by atoms with Crippen LogP contribution in [-0.4, -0.2) is 25.5 Å². The van der Waals surface area contributed by atoms with E-state index in [0.717, 1.165) is 0 Å². The molecule has 0 rings (SSSR count). The molecule has 0 radical (unpaired) electrons. The van der Waals surface area contributed by atoms with Gasteiger partial charge in [-0.3, -0.25) is 4.79 Å². The summed E-state index contributed by atoms with van der Waals surface area (Å²) in [5.41, 5.74) is -0.0190. The number of methoxy groups -OCH3 is 1. The molecule has 0 bridgehead atoms. The molecule has 116 valence electrons. The summed E-state index contributed by atoms with van der Waals surface area (Å²) in [5.74, 6) is 0.0360. The smallest absolute Gasteiger partial charge is 0.328 e. The molecule has 0 heterocycles. The van der Waals surface area contributed by atoms with Crippen molar-refractivity contribution in [3.8, 4) is 0 Å². The van der Waals surface area contributed by atoms with Gasteiger partial charge in [0.15, 0.2) is 0 Å². The van der Waals surface area contributed by atoms with Crippen LogP contribution in [0.1, 0.15) is 61.8 Å². The quantitative estimate of drug-likeness (QED) is 0.597. The summed E-state index contributed by atoms with van der Waals surface area (Å²) in [6.45, 7) is 16.3. The van der Waals surface area contributed by atoms with Gasteiger partial charge in [-0.1, -0.05) is 55.4 Å². The van der Waals surface area contributed by atoms with Crippen molar-refractivity contribution in [2.75, 3.05) is 7.11 Å². The second-order valence-corrected chi connectivity index (χ2v) is 4.71. The predicted octanol–water partition coefficient (Wildman–Crippen LogP) is 3.40. The highest BCUT2D eigenvalue weighted by molar-refractivity contribution is 5.78. The highest BCUT2D eigenvalue weighted by Crippen LogP contribution is 2.31. The third-order valence-corrected chi connectivity index (χ3v) is 3.05. The molecule has 4 heteroatoms.